The van der Waals surface area contributed by atoms with Crippen LogP contribution in [0.2, 0.25) is 0 Å². The number of anilines is 1. The smallest absolute Gasteiger partial charge is 0.228 e. The van der Waals surface area contributed by atoms with Crippen molar-refractivity contribution in [1.29, 1.82) is 0 Å². The van der Waals surface area contributed by atoms with E-state index < -0.39 is 0 Å². The molecule has 0 unspecified atom stereocenters. The van der Waals surface area contributed by atoms with Gasteiger partial charge in [-0.3, -0.25) is 4.79 Å². The third-order valence-corrected chi connectivity index (χ3v) is 7.57. The van der Waals surface area contributed by atoms with E-state index in [0.717, 1.165) is 33.5 Å². The van der Waals surface area contributed by atoms with Gasteiger partial charge in [-0.05, 0) is 97.1 Å². The van der Waals surface area contributed by atoms with Gasteiger partial charge in [0.2, 0.25) is 5.91 Å². The van der Waals surface area contributed by atoms with Crippen molar-refractivity contribution in [2.24, 2.45) is 17.8 Å². The Morgan fingerprint density at radius 2 is 1.59 bits per heavy atom. The van der Waals surface area contributed by atoms with E-state index in [9.17, 15) is 4.79 Å². The van der Waals surface area contributed by atoms with Crippen molar-refractivity contribution in [2.75, 3.05) is 5.32 Å². The number of carbonyl (C=O) groups excluding carboxylic acids is 1. The van der Waals surface area contributed by atoms with Gasteiger partial charge in [-0.2, -0.15) is 0 Å². The van der Waals surface area contributed by atoms with Crippen LogP contribution in [0, 0.1) is 17.8 Å². The van der Waals surface area contributed by atoms with Crippen molar-refractivity contribution < 1.29 is 4.79 Å². The first-order chi connectivity index (χ1) is 13.1. The molecule has 6 rings (SSSR count). The minimum atomic E-state index is 0.0376. The molecule has 1 amide bonds. The summed E-state index contributed by atoms with van der Waals surface area (Å²) in [5.41, 5.74) is 3.86. The van der Waals surface area contributed by atoms with Gasteiger partial charge in [0.1, 0.15) is 0 Å². The van der Waals surface area contributed by atoms with Crippen LogP contribution in [0.1, 0.15) is 49.7 Å². The number of rotatable bonds is 4. The number of carbonyl (C=O) groups is 1. The van der Waals surface area contributed by atoms with Gasteiger partial charge in [-0.1, -0.05) is 40.2 Å². The van der Waals surface area contributed by atoms with Crippen molar-refractivity contribution in [2.45, 2.75) is 50.4 Å². The third-order valence-electron chi connectivity index (χ3n) is 7.07. The van der Waals surface area contributed by atoms with E-state index in [-0.39, 0.29) is 5.91 Å². The maximum atomic E-state index is 12.4. The predicted molar refractivity (Wildman–Crippen MR) is 113 cm³/mol. The number of nitrogens with one attached hydrogen (secondary N) is 1. The Labute approximate surface area is 169 Å². The standard InChI is InChI=1S/C24H26BrNO/c25-21-3-1-2-16(11-21)12-23(27)26-22-6-4-20(5-7-22)24-13-17-8-18(14-24)10-19(9-17)15-24/h1-7,11,17-19H,8-10,12-15H2,(H,26,27). The molecule has 4 bridgehead atoms. The zero-order chi connectivity index (χ0) is 18.4. The molecule has 4 aliphatic carbocycles. The van der Waals surface area contributed by atoms with E-state index in [1.165, 1.54) is 44.1 Å². The van der Waals surface area contributed by atoms with Gasteiger partial charge in [-0.15, -0.1) is 0 Å². The van der Waals surface area contributed by atoms with Gasteiger partial charge >= 0.3 is 0 Å². The second-order valence-corrected chi connectivity index (χ2v) is 10.0. The Hall–Kier alpha value is -1.61. The van der Waals surface area contributed by atoms with Crippen molar-refractivity contribution in [3.63, 3.8) is 0 Å². The average molecular weight is 424 g/mol. The van der Waals surface area contributed by atoms with Crippen LogP contribution in [-0.2, 0) is 16.6 Å². The fraction of sp³-hybridized carbons (Fsp3) is 0.458. The second kappa shape index (κ2) is 6.77. The maximum Gasteiger partial charge on any atom is 0.228 e. The van der Waals surface area contributed by atoms with Gasteiger partial charge in [0.25, 0.3) is 0 Å². The first-order valence-corrected chi connectivity index (χ1v) is 11.0. The van der Waals surface area contributed by atoms with Crippen LogP contribution in [0.15, 0.2) is 53.0 Å². The molecular formula is C24H26BrNO. The van der Waals surface area contributed by atoms with Crippen molar-refractivity contribution >= 4 is 27.5 Å². The quantitative estimate of drug-likeness (QED) is 0.632. The van der Waals surface area contributed by atoms with E-state index in [0.29, 0.717) is 11.8 Å². The number of halogens is 1. The number of hydrogen-bond acceptors (Lipinski definition) is 1. The molecule has 0 aromatic heterocycles. The summed E-state index contributed by atoms with van der Waals surface area (Å²) in [6.07, 6.45) is 8.97. The highest BCUT2D eigenvalue weighted by atomic mass is 79.9. The highest BCUT2D eigenvalue weighted by Gasteiger charge is 2.51. The lowest BCUT2D eigenvalue weighted by molar-refractivity contribution is -0.115. The second-order valence-electron chi connectivity index (χ2n) is 9.13. The minimum absolute atomic E-state index is 0.0376. The molecule has 0 saturated heterocycles. The molecule has 4 fully saturated rings. The number of amides is 1. The van der Waals surface area contributed by atoms with Gasteiger partial charge < -0.3 is 5.32 Å². The van der Waals surface area contributed by atoms with Crippen LogP contribution < -0.4 is 5.32 Å². The van der Waals surface area contributed by atoms with Crippen LogP contribution in [0.25, 0.3) is 0 Å². The molecule has 0 aliphatic heterocycles. The van der Waals surface area contributed by atoms with E-state index >= 15 is 0 Å². The molecule has 0 spiro atoms. The SMILES string of the molecule is O=C(Cc1cccc(Br)c1)Nc1ccc(C23CC4CC(CC(C4)C2)C3)cc1. The summed E-state index contributed by atoms with van der Waals surface area (Å²) < 4.78 is 1.01. The highest BCUT2D eigenvalue weighted by molar-refractivity contribution is 9.10. The van der Waals surface area contributed by atoms with Crippen LogP contribution in [0.4, 0.5) is 5.69 Å². The van der Waals surface area contributed by atoms with E-state index in [1.54, 1.807) is 0 Å². The van der Waals surface area contributed by atoms with Crippen LogP contribution in [-0.4, -0.2) is 5.91 Å². The average Bonchev–Trinajstić information content (AvgIpc) is 2.61. The largest absolute Gasteiger partial charge is 0.326 e. The molecule has 27 heavy (non-hydrogen) atoms. The molecule has 2 aromatic carbocycles. The Kier molecular flexibility index (Phi) is 4.39. The zero-order valence-electron chi connectivity index (χ0n) is 15.6. The lowest BCUT2D eigenvalue weighted by Crippen LogP contribution is -2.48. The van der Waals surface area contributed by atoms with Gasteiger partial charge in [-0.25, -0.2) is 0 Å². The number of benzene rings is 2. The summed E-state index contributed by atoms with van der Waals surface area (Å²) in [6.45, 7) is 0. The summed E-state index contributed by atoms with van der Waals surface area (Å²) in [7, 11) is 0. The molecule has 0 atom stereocenters. The van der Waals surface area contributed by atoms with E-state index in [2.05, 4.69) is 45.5 Å². The lowest BCUT2D eigenvalue weighted by atomic mass is 9.48. The van der Waals surface area contributed by atoms with Crippen molar-refractivity contribution in [3.05, 3.63) is 64.1 Å². The predicted octanol–water partition coefficient (Wildman–Crippen LogP) is 6.10. The molecule has 2 aromatic rings. The molecule has 2 nitrogen and oxygen atoms in total. The first kappa shape index (κ1) is 17.5. The van der Waals surface area contributed by atoms with Gasteiger partial charge in [0.15, 0.2) is 0 Å². The minimum Gasteiger partial charge on any atom is -0.326 e. The molecule has 0 heterocycles. The molecule has 1 N–H and O–H groups in total. The Morgan fingerprint density at radius 1 is 0.963 bits per heavy atom. The molecule has 4 aliphatic rings. The first-order valence-electron chi connectivity index (χ1n) is 10.2. The topological polar surface area (TPSA) is 29.1 Å². The van der Waals surface area contributed by atoms with Gasteiger partial charge in [0.05, 0.1) is 6.42 Å². The fourth-order valence-electron chi connectivity index (χ4n) is 6.41. The van der Waals surface area contributed by atoms with Crippen LogP contribution in [0.5, 0.6) is 0 Å². The maximum absolute atomic E-state index is 12.4. The zero-order valence-corrected chi connectivity index (χ0v) is 17.2. The molecule has 0 radical (unpaired) electrons. The molecule has 4 saturated carbocycles. The highest BCUT2D eigenvalue weighted by Crippen LogP contribution is 2.60. The molecule has 3 heteroatoms. The van der Waals surface area contributed by atoms with Crippen molar-refractivity contribution in [1.82, 2.24) is 0 Å². The van der Waals surface area contributed by atoms with Crippen LogP contribution in [0.3, 0.4) is 0 Å². The summed E-state index contributed by atoms with van der Waals surface area (Å²) in [6, 6.07) is 16.7. The summed E-state index contributed by atoms with van der Waals surface area (Å²) in [4.78, 5) is 12.4. The summed E-state index contributed by atoms with van der Waals surface area (Å²) in [5.74, 6) is 2.91. The van der Waals surface area contributed by atoms with E-state index in [4.69, 9.17) is 0 Å². The van der Waals surface area contributed by atoms with Crippen LogP contribution >= 0.6 is 15.9 Å². The van der Waals surface area contributed by atoms with Crippen molar-refractivity contribution in [3.8, 4) is 0 Å². The summed E-state index contributed by atoms with van der Waals surface area (Å²) in [5, 5.41) is 3.06. The third kappa shape index (κ3) is 3.47. The number of hydrogen-bond donors (Lipinski definition) is 1. The monoisotopic (exact) mass is 423 g/mol. The van der Waals surface area contributed by atoms with E-state index in [1.807, 2.05) is 24.3 Å². The Bertz CT molecular complexity index is 822. The summed E-state index contributed by atoms with van der Waals surface area (Å²) >= 11 is 3.46. The van der Waals surface area contributed by atoms with Gasteiger partial charge in [0, 0.05) is 10.2 Å². The Balaban J connectivity index is 1.27. The molecular weight excluding hydrogens is 398 g/mol. The molecule has 140 valence electrons. The Morgan fingerprint density at radius 3 is 2.19 bits per heavy atom. The fourth-order valence-corrected chi connectivity index (χ4v) is 6.86. The lowest BCUT2D eigenvalue weighted by Gasteiger charge is -2.57. The normalized spacial score (nSPS) is 31.1.